The monoisotopic (exact) mass is 437 g/mol. The van der Waals surface area contributed by atoms with Crippen molar-refractivity contribution in [1.82, 2.24) is 10.2 Å². The number of hydrogen-bond acceptors (Lipinski definition) is 6. The van der Waals surface area contributed by atoms with Crippen molar-refractivity contribution in [3.63, 3.8) is 0 Å². The molecule has 7 nitrogen and oxygen atoms in total. The summed E-state index contributed by atoms with van der Waals surface area (Å²) < 4.78 is 0.922. The summed E-state index contributed by atoms with van der Waals surface area (Å²) in [5, 5.41) is 14.9. The molecule has 1 saturated heterocycles. The minimum Gasteiger partial charge on any atom is -0.477 e. The van der Waals surface area contributed by atoms with Crippen molar-refractivity contribution in [2.45, 2.75) is 24.4 Å². The first-order valence-corrected chi connectivity index (χ1v) is 10.7. The predicted molar refractivity (Wildman–Crippen MR) is 109 cm³/mol. The third-order valence-electron chi connectivity index (χ3n) is 4.84. The van der Waals surface area contributed by atoms with Crippen LogP contribution in [0.3, 0.4) is 0 Å². The van der Waals surface area contributed by atoms with Crippen molar-refractivity contribution in [2.24, 2.45) is 5.73 Å². The van der Waals surface area contributed by atoms with Gasteiger partial charge in [0.25, 0.3) is 5.91 Å². The van der Waals surface area contributed by atoms with E-state index in [0.29, 0.717) is 21.9 Å². The number of carbonyl (C=O) groups is 3. The Morgan fingerprint density at radius 2 is 2.18 bits per heavy atom. The number of hydrogen-bond donors (Lipinski definition) is 3. The summed E-state index contributed by atoms with van der Waals surface area (Å²) in [5.74, 6) is -1.56. The van der Waals surface area contributed by atoms with Gasteiger partial charge in [-0.25, -0.2) is 4.79 Å². The maximum atomic E-state index is 12.7. The van der Waals surface area contributed by atoms with Gasteiger partial charge in [0, 0.05) is 15.5 Å². The molecule has 2 aliphatic heterocycles. The number of carbonyl (C=O) groups excluding carboxylic acids is 2. The highest BCUT2D eigenvalue weighted by molar-refractivity contribution is 8.00. The molecular formula is C18H16ClN3O4S2. The number of nitrogens with one attached hydrogen (secondary N) is 1. The molecule has 1 aromatic heterocycles. The zero-order valence-corrected chi connectivity index (χ0v) is 17.0. The highest BCUT2D eigenvalue weighted by Crippen LogP contribution is 2.40. The molecule has 1 fully saturated rings. The molecule has 1 aromatic carbocycles. The lowest BCUT2D eigenvalue weighted by molar-refractivity contribution is -0.150. The number of amides is 2. The number of carboxylic acids is 1. The Kier molecular flexibility index (Phi) is 4.86. The second-order valence-corrected chi connectivity index (χ2v) is 9.09. The second kappa shape index (κ2) is 7.07. The molecule has 2 unspecified atom stereocenters. The van der Waals surface area contributed by atoms with Gasteiger partial charge >= 0.3 is 5.97 Å². The third kappa shape index (κ3) is 2.98. The number of thioether (sulfide) groups is 1. The molecular weight excluding hydrogens is 422 g/mol. The summed E-state index contributed by atoms with van der Waals surface area (Å²) in [5.41, 5.74) is 7.45. The van der Waals surface area contributed by atoms with Crippen molar-refractivity contribution in [2.75, 3.05) is 5.75 Å². The number of aliphatic carboxylic acids is 1. The second-order valence-electron chi connectivity index (χ2n) is 6.64. The van der Waals surface area contributed by atoms with Gasteiger partial charge in [0.1, 0.15) is 23.2 Å². The van der Waals surface area contributed by atoms with Crippen LogP contribution in [0.15, 0.2) is 34.8 Å². The number of benzene rings is 1. The predicted octanol–water partition coefficient (Wildman–Crippen LogP) is 2.31. The number of carboxylic acid groups (broad SMARTS) is 1. The zero-order chi connectivity index (χ0) is 20.2. The number of rotatable bonds is 4. The van der Waals surface area contributed by atoms with Crippen LogP contribution in [0.2, 0.25) is 5.02 Å². The lowest BCUT2D eigenvalue weighted by atomic mass is 10.0. The number of thiophene rings is 1. The molecule has 4 rings (SSSR count). The fourth-order valence-corrected chi connectivity index (χ4v) is 5.99. The minimum absolute atomic E-state index is 0.00394. The topological polar surface area (TPSA) is 113 Å². The largest absolute Gasteiger partial charge is 0.477 e. The molecule has 0 bridgehead atoms. The number of nitrogens with zero attached hydrogens (tertiary/aromatic N) is 1. The summed E-state index contributed by atoms with van der Waals surface area (Å²) in [4.78, 5) is 37.9. The first-order valence-electron chi connectivity index (χ1n) is 8.40. The third-order valence-corrected chi connectivity index (χ3v) is 7.47. The number of halogens is 1. The molecule has 2 aromatic rings. The Bertz CT molecular complexity index is 1050. The Morgan fingerprint density at radius 3 is 2.89 bits per heavy atom. The van der Waals surface area contributed by atoms with E-state index < -0.39 is 35.2 Å². The van der Waals surface area contributed by atoms with Crippen LogP contribution in [-0.4, -0.2) is 45.0 Å². The summed E-state index contributed by atoms with van der Waals surface area (Å²) >= 11 is 8.86. The number of β-lactam (4-membered cyclic amide) rings is 1. The number of fused-ring (bicyclic) bond motifs is 2. The van der Waals surface area contributed by atoms with Crippen LogP contribution in [0.25, 0.3) is 10.1 Å². The molecule has 4 N–H and O–H groups in total. The maximum Gasteiger partial charge on any atom is 0.352 e. The van der Waals surface area contributed by atoms with Gasteiger partial charge in [0.05, 0.1) is 0 Å². The molecule has 0 aliphatic carbocycles. The molecule has 3 atom stereocenters. The average molecular weight is 438 g/mol. The van der Waals surface area contributed by atoms with Crippen LogP contribution >= 0.6 is 34.7 Å². The maximum absolute atomic E-state index is 12.7. The molecule has 146 valence electrons. The quantitative estimate of drug-likeness (QED) is 0.632. The van der Waals surface area contributed by atoms with Crippen LogP contribution in [0.4, 0.5) is 0 Å². The zero-order valence-electron chi connectivity index (χ0n) is 14.6. The standard InChI is InChI=1S/C18H16ClN3O4S2/c1-7-5-28-17-13(16(24)22(17)14(7)18(25)26)21-15(23)12(20)10-6-27-11-4-8(19)2-3-9(10)11/h2-4,6,12-13,17H,5,20H2,1H3,(H,21,23)(H,25,26)/t12-,13?,17?/m1/s1. The summed E-state index contributed by atoms with van der Waals surface area (Å²) in [7, 11) is 0. The smallest absolute Gasteiger partial charge is 0.352 e. The van der Waals surface area contributed by atoms with E-state index in [-0.39, 0.29) is 5.70 Å². The van der Waals surface area contributed by atoms with Crippen molar-refractivity contribution in [3.8, 4) is 0 Å². The van der Waals surface area contributed by atoms with E-state index in [4.69, 9.17) is 17.3 Å². The van der Waals surface area contributed by atoms with Crippen molar-refractivity contribution in [3.05, 3.63) is 45.4 Å². The highest BCUT2D eigenvalue weighted by Gasteiger charge is 2.53. The summed E-state index contributed by atoms with van der Waals surface area (Å²) in [6, 6.07) is 3.63. The lowest BCUT2D eigenvalue weighted by Crippen LogP contribution is -2.71. The van der Waals surface area contributed by atoms with Gasteiger partial charge in [0.2, 0.25) is 5.91 Å². The Labute approximate surface area is 173 Å². The lowest BCUT2D eigenvalue weighted by Gasteiger charge is -2.49. The molecule has 2 aliphatic rings. The molecule has 3 heterocycles. The minimum atomic E-state index is -1.14. The molecule has 10 heteroatoms. The van der Waals surface area contributed by atoms with E-state index in [9.17, 15) is 19.5 Å². The average Bonchev–Trinajstić information content (AvgIpc) is 3.07. The molecule has 0 radical (unpaired) electrons. The van der Waals surface area contributed by atoms with E-state index in [1.807, 2.05) is 17.5 Å². The van der Waals surface area contributed by atoms with Crippen molar-refractivity contribution >= 4 is 62.6 Å². The number of nitrogens with two attached hydrogens (primary N) is 1. The Balaban J connectivity index is 1.51. The fourth-order valence-electron chi connectivity index (χ4n) is 3.42. The van der Waals surface area contributed by atoms with Crippen molar-refractivity contribution < 1.29 is 19.5 Å². The van der Waals surface area contributed by atoms with Gasteiger partial charge in [-0.3, -0.25) is 14.5 Å². The van der Waals surface area contributed by atoms with E-state index in [2.05, 4.69) is 5.32 Å². The van der Waals surface area contributed by atoms with Crippen LogP contribution in [0.5, 0.6) is 0 Å². The Morgan fingerprint density at radius 1 is 1.43 bits per heavy atom. The fraction of sp³-hybridized carbons (Fsp3) is 0.278. The van der Waals surface area contributed by atoms with Gasteiger partial charge in [0.15, 0.2) is 0 Å². The highest BCUT2D eigenvalue weighted by atomic mass is 35.5. The molecule has 0 spiro atoms. The van der Waals surface area contributed by atoms with Crippen LogP contribution < -0.4 is 11.1 Å². The SMILES string of the molecule is CC1=C(C(=O)O)N2C(=O)C(NC(=O)[C@H](N)c3csc4cc(Cl)ccc34)C2SC1. The normalized spacial score (nSPS) is 22.7. The van der Waals surface area contributed by atoms with E-state index in [0.717, 1.165) is 10.1 Å². The van der Waals surface area contributed by atoms with Gasteiger partial charge in [-0.1, -0.05) is 17.7 Å². The van der Waals surface area contributed by atoms with Gasteiger partial charge in [-0.05, 0) is 41.0 Å². The molecule has 2 amide bonds. The van der Waals surface area contributed by atoms with Gasteiger partial charge < -0.3 is 16.2 Å². The summed E-state index contributed by atoms with van der Waals surface area (Å²) in [6.45, 7) is 1.69. The summed E-state index contributed by atoms with van der Waals surface area (Å²) in [6.07, 6.45) is 0. The molecule has 28 heavy (non-hydrogen) atoms. The molecule has 0 saturated carbocycles. The van der Waals surface area contributed by atoms with Gasteiger partial charge in [-0.2, -0.15) is 0 Å². The van der Waals surface area contributed by atoms with Crippen LogP contribution in [0, 0.1) is 0 Å². The van der Waals surface area contributed by atoms with Crippen LogP contribution in [-0.2, 0) is 14.4 Å². The Hall–Kier alpha value is -2.07. The van der Waals surface area contributed by atoms with E-state index in [1.165, 1.54) is 28.0 Å². The van der Waals surface area contributed by atoms with Crippen molar-refractivity contribution in [1.29, 1.82) is 0 Å². The first kappa shape index (κ1) is 19.3. The first-order chi connectivity index (χ1) is 13.3. The van der Waals surface area contributed by atoms with E-state index >= 15 is 0 Å². The van der Waals surface area contributed by atoms with Crippen LogP contribution in [0.1, 0.15) is 18.5 Å². The van der Waals surface area contributed by atoms with Gasteiger partial charge in [-0.15, -0.1) is 23.1 Å². The van der Waals surface area contributed by atoms with E-state index in [1.54, 1.807) is 13.0 Å².